The van der Waals surface area contributed by atoms with Crippen LogP contribution in [0.25, 0.3) is 0 Å². The third-order valence-electron chi connectivity index (χ3n) is 2.69. The second kappa shape index (κ2) is 7.25. The van der Waals surface area contributed by atoms with Crippen LogP contribution in [0.1, 0.15) is 41.0 Å². The maximum absolute atomic E-state index is 9.47. The van der Waals surface area contributed by atoms with E-state index in [4.69, 9.17) is 0 Å². The van der Waals surface area contributed by atoms with E-state index in [1.807, 2.05) is 0 Å². The number of hydrogen-bond donors (Lipinski definition) is 2. The molecule has 0 fully saturated rings. The van der Waals surface area contributed by atoms with Gasteiger partial charge in [-0.05, 0) is 32.9 Å². The van der Waals surface area contributed by atoms with Gasteiger partial charge in [-0.2, -0.15) is 0 Å². The zero-order chi connectivity index (χ0) is 12.8. The summed E-state index contributed by atoms with van der Waals surface area (Å²) < 4.78 is 0. The number of nitrogens with zero attached hydrogens (tertiary/aromatic N) is 1. The highest BCUT2D eigenvalue weighted by molar-refractivity contribution is 4.86. The van der Waals surface area contributed by atoms with Gasteiger partial charge in [0.15, 0.2) is 0 Å². The molecule has 0 aliphatic carbocycles. The highest BCUT2D eigenvalue weighted by Gasteiger charge is 2.25. The fraction of sp³-hybridized carbons (Fsp3) is 1.00. The topological polar surface area (TPSA) is 35.5 Å². The minimum Gasteiger partial charge on any atom is -0.394 e. The molecule has 0 aromatic rings. The number of aliphatic hydroxyl groups excluding tert-OH is 1. The van der Waals surface area contributed by atoms with E-state index in [-0.39, 0.29) is 12.1 Å². The van der Waals surface area contributed by atoms with Gasteiger partial charge < -0.3 is 15.3 Å². The largest absolute Gasteiger partial charge is 0.394 e. The van der Waals surface area contributed by atoms with E-state index >= 15 is 0 Å². The third kappa shape index (κ3) is 7.20. The molecular weight excluding hydrogens is 200 g/mol. The van der Waals surface area contributed by atoms with Crippen LogP contribution in [0.15, 0.2) is 0 Å². The minimum absolute atomic E-state index is 0.178. The molecule has 0 amide bonds. The van der Waals surface area contributed by atoms with Crippen molar-refractivity contribution in [3.05, 3.63) is 0 Å². The number of hydrogen-bond acceptors (Lipinski definition) is 3. The van der Waals surface area contributed by atoms with Crippen molar-refractivity contribution in [3.63, 3.8) is 0 Å². The van der Waals surface area contributed by atoms with Gasteiger partial charge in [0.25, 0.3) is 0 Å². The molecule has 3 heteroatoms. The van der Waals surface area contributed by atoms with Gasteiger partial charge in [-0.3, -0.25) is 0 Å². The summed E-state index contributed by atoms with van der Waals surface area (Å²) in [4.78, 5) is 2.30. The molecule has 0 saturated heterocycles. The van der Waals surface area contributed by atoms with Crippen molar-refractivity contribution in [1.29, 1.82) is 0 Å². The average molecular weight is 230 g/mol. The van der Waals surface area contributed by atoms with Crippen LogP contribution in [0.4, 0.5) is 0 Å². The molecule has 0 aliphatic rings. The number of rotatable bonds is 8. The summed E-state index contributed by atoms with van der Waals surface area (Å²) >= 11 is 0. The molecule has 0 aliphatic heterocycles. The molecule has 0 spiro atoms. The van der Waals surface area contributed by atoms with Gasteiger partial charge >= 0.3 is 0 Å². The predicted octanol–water partition coefficient (Wildman–Crippen LogP) is 1.71. The summed E-state index contributed by atoms with van der Waals surface area (Å²) in [5.41, 5.74) is -0.195. The second-order valence-electron chi connectivity index (χ2n) is 5.94. The van der Waals surface area contributed by atoms with Gasteiger partial charge in [-0.1, -0.05) is 27.7 Å². The number of aliphatic hydroxyl groups is 1. The maximum Gasteiger partial charge on any atom is 0.0623 e. The Morgan fingerprint density at radius 1 is 1.25 bits per heavy atom. The van der Waals surface area contributed by atoms with Crippen LogP contribution in [0, 0.1) is 5.92 Å². The maximum atomic E-state index is 9.47. The van der Waals surface area contributed by atoms with Crippen molar-refractivity contribution < 1.29 is 5.11 Å². The van der Waals surface area contributed by atoms with Crippen molar-refractivity contribution >= 4 is 0 Å². The fourth-order valence-corrected chi connectivity index (χ4v) is 1.99. The summed E-state index contributed by atoms with van der Waals surface area (Å²) in [6.45, 7) is 12.9. The zero-order valence-electron chi connectivity index (χ0n) is 11.9. The molecule has 1 unspecified atom stereocenters. The Hall–Kier alpha value is -0.120. The van der Waals surface area contributed by atoms with E-state index in [1.54, 1.807) is 0 Å². The van der Waals surface area contributed by atoms with E-state index in [0.717, 1.165) is 19.0 Å². The average Bonchev–Trinajstić information content (AvgIpc) is 2.13. The molecule has 0 aromatic carbocycles. The van der Waals surface area contributed by atoms with Crippen LogP contribution < -0.4 is 5.32 Å². The normalized spacial score (nSPS) is 16.1. The quantitative estimate of drug-likeness (QED) is 0.666. The van der Waals surface area contributed by atoms with Gasteiger partial charge in [-0.25, -0.2) is 0 Å². The predicted molar refractivity (Wildman–Crippen MR) is 70.7 cm³/mol. The Kier molecular flexibility index (Phi) is 7.20. The van der Waals surface area contributed by atoms with Crippen molar-refractivity contribution in [3.8, 4) is 0 Å². The molecule has 0 aromatic heterocycles. The van der Waals surface area contributed by atoms with E-state index in [0.29, 0.717) is 6.04 Å². The molecule has 0 radical (unpaired) electrons. The first-order valence-corrected chi connectivity index (χ1v) is 6.36. The smallest absolute Gasteiger partial charge is 0.0623 e. The molecule has 0 rings (SSSR count). The zero-order valence-corrected chi connectivity index (χ0v) is 11.9. The lowest BCUT2D eigenvalue weighted by Gasteiger charge is -2.35. The van der Waals surface area contributed by atoms with Crippen molar-refractivity contribution in [1.82, 2.24) is 10.2 Å². The Labute approximate surface area is 101 Å². The van der Waals surface area contributed by atoms with Gasteiger partial charge in [0.1, 0.15) is 0 Å². The molecule has 1 atom stereocenters. The molecule has 3 nitrogen and oxygen atoms in total. The lowest BCUT2D eigenvalue weighted by Crippen LogP contribution is -2.55. The summed E-state index contributed by atoms with van der Waals surface area (Å²) in [5, 5.41) is 12.9. The van der Waals surface area contributed by atoms with Crippen LogP contribution in [0.5, 0.6) is 0 Å². The first-order valence-electron chi connectivity index (χ1n) is 6.36. The van der Waals surface area contributed by atoms with E-state index < -0.39 is 0 Å². The summed E-state index contributed by atoms with van der Waals surface area (Å²) in [5.74, 6) is 0.737. The van der Waals surface area contributed by atoms with Crippen molar-refractivity contribution in [2.75, 3.05) is 26.7 Å². The summed E-state index contributed by atoms with van der Waals surface area (Å²) in [7, 11) is 2.12. The Morgan fingerprint density at radius 3 is 2.19 bits per heavy atom. The van der Waals surface area contributed by atoms with Crippen molar-refractivity contribution in [2.24, 2.45) is 5.92 Å². The first-order chi connectivity index (χ1) is 7.29. The van der Waals surface area contributed by atoms with Crippen LogP contribution in [0.3, 0.4) is 0 Å². The Bertz CT molecular complexity index is 183. The molecule has 0 bridgehead atoms. The highest BCUT2D eigenvalue weighted by atomic mass is 16.3. The lowest BCUT2D eigenvalue weighted by molar-refractivity contribution is 0.123. The van der Waals surface area contributed by atoms with Crippen LogP contribution in [-0.4, -0.2) is 48.3 Å². The van der Waals surface area contributed by atoms with E-state index in [9.17, 15) is 5.11 Å². The third-order valence-corrected chi connectivity index (χ3v) is 2.69. The van der Waals surface area contributed by atoms with Gasteiger partial charge in [-0.15, -0.1) is 0 Å². The molecule has 0 heterocycles. The Balaban J connectivity index is 4.09. The fourth-order valence-electron chi connectivity index (χ4n) is 1.99. The molecular formula is C13H30N2O. The molecule has 16 heavy (non-hydrogen) atoms. The SMILES string of the molecule is CC(C)CCN(C)CC(C)(CO)NC(C)C. The molecule has 98 valence electrons. The van der Waals surface area contributed by atoms with Crippen LogP contribution in [-0.2, 0) is 0 Å². The highest BCUT2D eigenvalue weighted by Crippen LogP contribution is 2.08. The number of nitrogens with one attached hydrogen (secondary N) is 1. The van der Waals surface area contributed by atoms with Crippen molar-refractivity contribution in [2.45, 2.75) is 52.6 Å². The molecule has 0 saturated carbocycles. The summed E-state index contributed by atoms with van der Waals surface area (Å²) in [6, 6.07) is 0.399. The minimum atomic E-state index is -0.195. The van der Waals surface area contributed by atoms with Crippen LogP contribution in [0.2, 0.25) is 0 Å². The summed E-state index contributed by atoms with van der Waals surface area (Å²) in [6.07, 6.45) is 1.21. The number of likely N-dealkylation sites (N-methyl/N-ethyl adjacent to an activating group) is 1. The lowest BCUT2D eigenvalue weighted by atomic mass is 10.0. The van der Waals surface area contributed by atoms with E-state index in [1.165, 1.54) is 6.42 Å². The first kappa shape index (κ1) is 15.9. The van der Waals surface area contributed by atoms with Gasteiger partial charge in [0.05, 0.1) is 12.1 Å². The standard InChI is InChI=1S/C13H30N2O/c1-11(2)7-8-15(6)9-13(5,10-16)14-12(3)4/h11-12,14,16H,7-10H2,1-6H3. The monoisotopic (exact) mass is 230 g/mol. The van der Waals surface area contributed by atoms with E-state index in [2.05, 4.69) is 51.9 Å². The Morgan fingerprint density at radius 2 is 1.81 bits per heavy atom. The second-order valence-corrected chi connectivity index (χ2v) is 5.94. The van der Waals surface area contributed by atoms with Gasteiger partial charge in [0, 0.05) is 12.6 Å². The molecule has 2 N–H and O–H groups in total. The van der Waals surface area contributed by atoms with Gasteiger partial charge in [0.2, 0.25) is 0 Å². The van der Waals surface area contributed by atoms with Crippen LogP contribution >= 0.6 is 0 Å².